The second-order valence-electron chi connectivity index (χ2n) is 5.32. The average molecular weight is 316 g/mol. The van der Waals surface area contributed by atoms with Crippen LogP contribution < -0.4 is 10.1 Å². The van der Waals surface area contributed by atoms with E-state index >= 15 is 0 Å². The Bertz CT molecular complexity index is 658. The number of nitrogens with zero attached hydrogens (tertiary/aromatic N) is 5. The number of carbonyl (C=O) groups excluding carboxylic acids is 2. The Morgan fingerprint density at radius 1 is 1.39 bits per heavy atom. The van der Waals surface area contributed by atoms with Crippen LogP contribution in [0.2, 0.25) is 0 Å². The lowest BCUT2D eigenvalue weighted by molar-refractivity contribution is 0.0877. The molecule has 0 saturated carbocycles. The first-order chi connectivity index (χ1) is 11.2. The number of hydrogen-bond donors (Lipinski definition) is 1. The topological polar surface area (TPSA) is 111 Å². The summed E-state index contributed by atoms with van der Waals surface area (Å²) in [6.07, 6.45) is 4.11. The summed E-state index contributed by atoms with van der Waals surface area (Å²) in [6.45, 7) is 1.78. The zero-order chi connectivity index (χ0) is 16.2. The van der Waals surface area contributed by atoms with Gasteiger partial charge in [0.05, 0.1) is 6.54 Å². The van der Waals surface area contributed by atoms with Gasteiger partial charge in [-0.3, -0.25) is 0 Å². The number of urea groups is 2. The largest absolute Gasteiger partial charge is 0.470 e. The van der Waals surface area contributed by atoms with Crippen molar-refractivity contribution in [1.29, 1.82) is 5.26 Å². The highest BCUT2D eigenvalue weighted by Gasteiger charge is 2.33. The van der Waals surface area contributed by atoms with E-state index in [2.05, 4.69) is 15.3 Å². The molecule has 0 aromatic carbocycles. The van der Waals surface area contributed by atoms with Crippen LogP contribution in [0.25, 0.3) is 0 Å². The van der Waals surface area contributed by atoms with Gasteiger partial charge < -0.3 is 15.0 Å². The average Bonchev–Trinajstić information content (AvgIpc) is 3.01. The number of nitriles is 1. The maximum atomic E-state index is 12.4. The first-order valence-electron chi connectivity index (χ1n) is 7.41. The van der Waals surface area contributed by atoms with Crippen molar-refractivity contribution in [3.63, 3.8) is 0 Å². The molecule has 9 nitrogen and oxygen atoms in total. The quantitative estimate of drug-likeness (QED) is 0.842. The van der Waals surface area contributed by atoms with Gasteiger partial charge in [-0.1, -0.05) is 0 Å². The van der Waals surface area contributed by atoms with Gasteiger partial charge >= 0.3 is 12.1 Å². The van der Waals surface area contributed by atoms with Crippen LogP contribution in [0.15, 0.2) is 12.4 Å². The lowest BCUT2D eigenvalue weighted by atomic mass is 10.1. The van der Waals surface area contributed by atoms with Gasteiger partial charge in [0.2, 0.25) is 5.69 Å². The molecular formula is C14H16N6O3. The zero-order valence-corrected chi connectivity index (χ0v) is 12.4. The summed E-state index contributed by atoms with van der Waals surface area (Å²) in [6, 6.07) is 1.26. The molecule has 1 aromatic heterocycles. The number of nitrogens with one attached hydrogen (secondary N) is 1. The summed E-state index contributed by atoms with van der Waals surface area (Å²) in [7, 11) is 0. The van der Waals surface area contributed by atoms with Crippen LogP contribution in [0.3, 0.4) is 0 Å². The molecule has 3 heterocycles. The smallest absolute Gasteiger partial charge is 0.328 e. The van der Waals surface area contributed by atoms with Crippen LogP contribution in [0.5, 0.6) is 5.88 Å². The third kappa shape index (κ3) is 3.15. The molecule has 0 bridgehead atoms. The summed E-state index contributed by atoms with van der Waals surface area (Å²) in [5, 5.41) is 11.6. The number of likely N-dealkylation sites (tertiary alicyclic amines) is 1. The lowest BCUT2D eigenvalue weighted by Gasteiger charge is -2.34. The first kappa shape index (κ1) is 15.0. The molecule has 1 N–H and O–H groups in total. The number of ether oxygens (including phenoxy) is 1. The fourth-order valence-electron chi connectivity index (χ4n) is 2.68. The van der Waals surface area contributed by atoms with Crippen LogP contribution in [-0.4, -0.2) is 64.1 Å². The minimum Gasteiger partial charge on any atom is -0.470 e. The van der Waals surface area contributed by atoms with E-state index < -0.39 is 0 Å². The maximum Gasteiger partial charge on any atom is 0.328 e. The van der Waals surface area contributed by atoms with E-state index in [4.69, 9.17) is 10.00 Å². The van der Waals surface area contributed by atoms with Gasteiger partial charge in [-0.25, -0.2) is 24.5 Å². The molecule has 2 aliphatic rings. The molecule has 2 aliphatic heterocycles. The van der Waals surface area contributed by atoms with Gasteiger partial charge in [0.1, 0.15) is 12.2 Å². The fourth-order valence-corrected chi connectivity index (χ4v) is 2.68. The first-order valence-corrected chi connectivity index (χ1v) is 7.41. The van der Waals surface area contributed by atoms with E-state index in [1.807, 2.05) is 6.07 Å². The molecule has 0 aliphatic carbocycles. The Morgan fingerprint density at radius 3 is 2.96 bits per heavy atom. The molecule has 0 radical (unpaired) electrons. The minimum atomic E-state index is -0.362. The Hall–Kier alpha value is -2.89. The van der Waals surface area contributed by atoms with Crippen LogP contribution in [0.4, 0.5) is 9.59 Å². The van der Waals surface area contributed by atoms with Crippen molar-refractivity contribution in [3.05, 3.63) is 18.1 Å². The molecule has 2 fully saturated rings. The van der Waals surface area contributed by atoms with E-state index in [1.54, 1.807) is 4.90 Å². The summed E-state index contributed by atoms with van der Waals surface area (Å²) < 4.78 is 5.74. The summed E-state index contributed by atoms with van der Waals surface area (Å²) in [4.78, 5) is 34.7. The predicted molar refractivity (Wildman–Crippen MR) is 77.5 cm³/mol. The summed E-state index contributed by atoms with van der Waals surface area (Å²) in [5.41, 5.74) is 0.120. The molecule has 120 valence electrons. The number of piperidine rings is 1. The van der Waals surface area contributed by atoms with Crippen molar-refractivity contribution in [2.24, 2.45) is 0 Å². The number of imide groups is 1. The molecule has 2 saturated heterocycles. The second kappa shape index (κ2) is 6.48. The van der Waals surface area contributed by atoms with E-state index in [-0.39, 0.29) is 29.7 Å². The highest BCUT2D eigenvalue weighted by molar-refractivity contribution is 5.95. The van der Waals surface area contributed by atoms with Crippen LogP contribution in [0.1, 0.15) is 18.5 Å². The standard InChI is InChI=1S/C14H16N6O3/c15-8-11-12(17-4-3-16-11)23-10-2-1-6-19(9-10)14(22)20-7-5-18-13(20)21/h3-4,10H,1-2,5-7,9H2,(H,18,21). The van der Waals surface area contributed by atoms with Gasteiger partial charge in [0, 0.05) is 32.0 Å². The highest BCUT2D eigenvalue weighted by atomic mass is 16.5. The molecular weight excluding hydrogens is 300 g/mol. The molecule has 3 rings (SSSR count). The van der Waals surface area contributed by atoms with Gasteiger partial charge in [0.25, 0.3) is 5.88 Å². The number of hydrogen-bond acceptors (Lipinski definition) is 6. The number of carbonyl (C=O) groups is 2. The Morgan fingerprint density at radius 2 is 2.22 bits per heavy atom. The normalized spacial score (nSPS) is 20.8. The zero-order valence-electron chi connectivity index (χ0n) is 12.4. The lowest BCUT2D eigenvalue weighted by Crippen LogP contribution is -2.50. The van der Waals surface area contributed by atoms with E-state index in [0.29, 0.717) is 26.2 Å². The Balaban J connectivity index is 1.65. The van der Waals surface area contributed by atoms with Crippen molar-refractivity contribution < 1.29 is 14.3 Å². The van der Waals surface area contributed by atoms with Gasteiger partial charge in [-0.15, -0.1) is 0 Å². The van der Waals surface area contributed by atoms with E-state index in [1.165, 1.54) is 17.3 Å². The van der Waals surface area contributed by atoms with E-state index in [9.17, 15) is 9.59 Å². The third-order valence-corrected chi connectivity index (χ3v) is 3.79. The van der Waals surface area contributed by atoms with Gasteiger partial charge in [-0.2, -0.15) is 5.26 Å². The van der Waals surface area contributed by atoms with Gasteiger partial charge in [-0.05, 0) is 12.8 Å². The molecule has 0 spiro atoms. The van der Waals surface area contributed by atoms with E-state index in [0.717, 1.165) is 12.8 Å². The molecule has 1 atom stereocenters. The monoisotopic (exact) mass is 316 g/mol. The van der Waals surface area contributed by atoms with Crippen LogP contribution >= 0.6 is 0 Å². The highest BCUT2D eigenvalue weighted by Crippen LogP contribution is 2.19. The summed E-state index contributed by atoms with van der Waals surface area (Å²) >= 11 is 0. The van der Waals surface area contributed by atoms with Crippen LogP contribution in [-0.2, 0) is 0 Å². The number of aromatic nitrogens is 2. The number of rotatable bonds is 2. The fraction of sp³-hybridized carbons (Fsp3) is 0.500. The third-order valence-electron chi connectivity index (χ3n) is 3.79. The second-order valence-corrected chi connectivity index (χ2v) is 5.32. The molecule has 23 heavy (non-hydrogen) atoms. The molecule has 1 aromatic rings. The Labute approximate surface area is 132 Å². The van der Waals surface area contributed by atoms with Crippen LogP contribution in [0, 0.1) is 11.3 Å². The summed E-state index contributed by atoms with van der Waals surface area (Å²) in [5.74, 6) is 0.174. The van der Waals surface area contributed by atoms with Crippen molar-refractivity contribution in [2.45, 2.75) is 18.9 Å². The molecule has 9 heteroatoms. The van der Waals surface area contributed by atoms with Gasteiger partial charge in [0.15, 0.2) is 0 Å². The maximum absolute atomic E-state index is 12.4. The van der Waals surface area contributed by atoms with Crippen molar-refractivity contribution in [3.8, 4) is 11.9 Å². The predicted octanol–water partition coefficient (Wildman–Crippen LogP) is 0.337. The van der Waals surface area contributed by atoms with Crippen molar-refractivity contribution in [1.82, 2.24) is 25.1 Å². The number of amides is 4. The molecule has 4 amide bonds. The Kier molecular flexibility index (Phi) is 4.23. The minimum absolute atomic E-state index is 0.120. The SMILES string of the molecule is N#Cc1nccnc1OC1CCCN(C(=O)N2CCNC2=O)C1. The van der Waals surface area contributed by atoms with Crippen molar-refractivity contribution >= 4 is 12.1 Å². The van der Waals surface area contributed by atoms with Crippen molar-refractivity contribution in [2.75, 3.05) is 26.2 Å². The molecule has 1 unspecified atom stereocenters.